The third kappa shape index (κ3) is 5.45. The fraction of sp³-hybridized carbons (Fsp3) is 0.108. The monoisotopic (exact) mass is 517 g/mol. The summed E-state index contributed by atoms with van der Waals surface area (Å²) in [5.74, 6) is 2.15. The fourth-order valence-electron chi connectivity index (χ4n) is 4.73. The summed E-state index contributed by atoms with van der Waals surface area (Å²) in [5, 5.41) is 0. The first-order chi connectivity index (χ1) is 19.4. The highest BCUT2D eigenvalue weighted by Gasteiger charge is 2.21. The molecule has 1 heterocycles. The van der Waals surface area contributed by atoms with Crippen molar-refractivity contribution in [2.24, 2.45) is 0 Å². The van der Waals surface area contributed by atoms with Crippen LogP contribution in [0, 0.1) is 0 Å². The Balaban J connectivity index is 1.34. The molecule has 6 aromatic rings. The maximum absolute atomic E-state index is 4.92. The molecule has 3 nitrogen and oxygen atoms in total. The molecule has 0 aliphatic rings. The molecule has 0 saturated heterocycles. The van der Waals surface area contributed by atoms with Crippen molar-refractivity contribution in [1.29, 1.82) is 0 Å². The predicted octanol–water partition coefficient (Wildman–Crippen LogP) is 9.50. The van der Waals surface area contributed by atoms with Crippen molar-refractivity contribution in [2.45, 2.75) is 26.2 Å². The SMILES string of the molecule is CC(C)(C)c1nc(-c2ccc(-c3ccccc3)cc2)nc(-c2ccc(-c3cccc(-c4ccccc4)c3)cc2)n1. The van der Waals surface area contributed by atoms with E-state index in [0.29, 0.717) is 11.6 Å². The van der Waals surface area contributed by atoms with E-state index in [9.17, 15) is 0 Å². The minimum atomic E-state index is -0.214. The molecular weight excluding hydrogens is 486 g/mol. The highest BCUT2D eigenvalue weighted by Crippen LogP contribution is 2.30. The summed E-state index contributed by atoms with van der Waals surface area (Å²) in [6, 6.07) is 46.5. The summed E-state index contributed by atoms with van der Waals surface area (Å²) in [5.41, 5.74) is 8.84. The van der Waals surface area contributed by atoms with Gasteiger partial charge in [-0.3, -0.25) is 0 Å². The Hall–Kier alpha value is -4.89. The Morgan fingerprint density at radius 1 is 0.350 bits per heavy atom. The van der Waals surface area contributed by atoms with E-state index in [-0.39, 0.29) is 5.41 Å². The molecule has 0 spiro atoms. The van der Waals surface area contributed by atoms with Gasteiger partial charge in [0.15, 0.2) is 11.6 Å². The van der Waals surface area contributed by atoms with Gasteiger partial charge in [0.2, 0.25) is 0 Å². The van der Waals surface area contributed by atoms with E-state index in [1.54, 1.807) is 0 Å². The van der Waals surface area contributed by atoms with Gasteiger partial charge >= 0.3 is 0 Å². The summed E-state index contributed by atoms with van der Waals surface area (Å²) >= 11 is 0. The standard InChI is InChI=1S/C37H31N3/c1-37(2,3)36-39-34(30-21-17-28(18-22-30)26-11-6-4-7-12-26)38-35(40-36)31-23-19-29(20-24-31)33-16-10-15-32(25-33)27-13-8-5-9-14-27/h4-25H,1-3H3. The van der Waals surface area contributed by atoms with Gasteiger partial charge in [-0.1, -0.05) is 148 Å². The van der Waals surface area contributed by atoms with Gasteiger partial charge in [0.1, 0.15) is 5.82 Å². The molecule has 0 aliphatic heterocycles. The number of aromatic nitrogens is 3. The maximum Gasteiger partial charge on any atom is 0.163 e. The smallest absolute Gasteiger partial charge is 0.163 e. The molecule has 40 heavy (non-hydrogen) atoms. The van der Waals surface area contributed by atoms with Gasteiger partial charge in [-0.25, -0.2) is 15.0 Å². The van der Waals surface area contributed by atoms with Crippen LogP contribution in [0.5, 0.6) is 0 Å². The average molecular weight is 518 g/mol. The maximum atomic E-state index is 4.92. The molecule has 5 aromatic carbocycles. The molecule has 0 fully saturated rings. The molecule has 6 rings (SSSR count). The van der Waals surface area contributed by atoms with E-state index in [0.717, 1.165) is 22.5 Å². The number of hydrogen-bond donors (Lipinski definition) is 0. The average Bonchev–Trinajstić information content (AvgIpc) is 3.01. The Kier molecular flexibility index (Phi) is 6.79. The van der Waals surface area contributed by atoms with Crippen LogP contribution in [0.15, 0.2) is 133 Å². The zero-order valence-electron chi connectivity index (χ0n) is 23.0. The van der Waals surface area contributed by atoms with Crippen molar-refractivity contribution < 1.29 is 0 Å². The Labute approximate surface area is 236 Å². The van der Waals surface area contributed by atoms with Crippen LogP contribution >= 0.6 is 0 Å². The molecule has 1 aromatic heterocycles. The van der Waals surface area contributed by atoms with Crippen LogP contribution in [0.4, 0.5) is 0 Å². The molecule has 0 N–H and O–H groups in total. The molecule has 0 amide bonds. The van der Waals surface area contributed by atoms with Crippen molar-refractivity contribution in [3.05, 3.63) is 139 Å². The second kappa shape index (κ2) is 10.7. The number of rotatable bonds is 5. The highest BCUT2D eigenvalue weighted by molar-refractivity contribution is 5.75. The first-order valence-electron chi connectivity index (χ1n) is 13.6. The molecule has 0 bridgehead atoms. The van der Waals surface area contributed by atoms with Crippen LogP contribution in [0.25, 0.3) is 56.2 Å². The van der Waals surface area contributed by atoms with E-state index in [1.807, 2.05) is 12.1 Å². The minimum absolute atomic E-state index is 0.214. The first kappa shape index (κ1) is 25.4. The van der Waals surface area contributed by atoms with Gasteiger partial charge in [-0.15, -0.1) is 0 Å². The minimum Gasteiger partial charge on any atom is -0.212 e. The van der Waals surface area contributed by atoms with Gasteiger partial charge in [0.25, 0.3) is 0 Å². The molecule has 0 atom stereocenters. The molecule has 0 unspecified atom stereocenters. The van der Waals surface area contributed by atoms with Crippen molar-refractivity contribution in [1.82, 2.24) is 15.0 Å². The highest BCUT2D eigenvalue weighted by atomic mass is 15.0. The van der Waals surface area contributed by atoms with E-state index >= 15 is 0 Å². The van der Waals surface area contributed by atoms with E-state index in [2.05, 4.69) is 142 Å². The van der Waals surface area contributed by atoms with Crippen LogP contribution in [0.3, 0.4) is 0 Å². The molecule has 194 valence electrons. The molecular formula is C37H31N3. The summed E-state index contributed by atoms with van der Waals surface area (Å²) in [7, 11) is 0. The Morgan fingerprint density at radius 2 is 0.700 bits per heavy atom. The van der Waals surface area contributed by atoms with Crippen LogP contribution in [0.1, 0.15) is 26.6 Å². The van der Waals surface area contributed by atoms with Gasteiger partial charge in [-0.05, 0) is 39.4 Å². The van der Waals surface area contributed by atoms with Gasteiger partial charge < -0.3 is 0 Å². The number of nitrogens with zero attached hydrogens (tertiary/aromatic N) is 3. The summed E-state index contributed by atoms with van der Waals surface area (Å²) < 4.78 is 0. The number of benzene rings is 5. The Morgan fingerprint density at radius 3 is 1.15 bits per heavy atom. The lowest BCUT2D eigenvalue weighted by Gasteiger charge is -2.18. The lowest BCUT2D eigenvalue weighted by Crippen LogP contribution is -2.18. The van der Waals surface area contributed by atoms with E-state index < -0.39 is 0 Å². The first-order valence-corrected chi connectivity index (χ1v) is 13.6. The fourth-order valence-corrected chi connectivity index (χ4v) is 4.73. The lowest BCUT2D eigenvalue weighted by atomic mass is 9.95. The molecule has 0 saturated carbocycles. The third-order valence-electron chi connectivity index (χ3n) is 7.00. The van der Waals surface area contributed by atoms with Crippen molar-refractivity contribution >= 4 is 0 Å². The van der Waals surface area contributed by atoms with Crippen molar-refractivity contribution in [3.8, 4) is 56.2 Å². The number of hydrogen-bond acceptors (Lipinski definition) is 3. The topological polar surface area (TPSA) is 38.7 Å². The van der Waals surface area contributed by atoms with E-state index in [1.165, 1.54) is 27.8 Å². The van der Waals surface area contributed by atoms with Crippen molar-refractivity contribution in [2.75, 3.05) is 0 Å². The largest absolute Gasteiger partial charge is 0.212 e. The van der Waals surface area contributed by atoms with Crippen LogP contribution in [-0.2, 0) is 5.41 Å². The van der Waals surface area contributed by atoms with Gasteiger partial charge in [0, 0.05) is 16.5 Å². The van der Waals surface area contributed by atoms with Gasteiger partial charge in [-0.2, -0.15) is 0 Å². The normalized spacial score (nSPS) is 11.4. The Bertz CT molecular complexity index is 1730. The second-order valence-electron chi connectivity index (χ2n) is 11.0. The van der Waals surface area contributed by atoms with E-state index in [4.69, 9.17) is 15.0 Å². The predicted molar refractivity (Wildman–Crippen MR) is 166 cm³/mol. The second-order valence-corrected chi connectivity index (χ2v) is 11.0. The van der Waals surface area contributed by atoms with Crippen LogP contribution in [-0.4, -0.2) is 15.0 Å². The zero-order valence-corrected chi connectivity index (χ0v) is 23.0. The summed E-state index contributed by atoms with van der Waals surface area (Å²) in [6.07, 6.45) is 0. The van der Waals surface area contributed by atoms with Crippen molar-refractivity contribution in [3.63, 3.8) is 0 Å². The zero-order chi connectivity index (χ0) is 27.5. The summed E-state index contributed by atoms with van der Waals surface area (Å²) in [4.78, 5) is 14.7. The summed E-state index contributed by atoms with van der Waals surface area (Å²) in [6.45, 7) is 6.41. The molecule has 3 heteroatoms. The van der Waals surface area contributed by atoms with Crippen LogP contribution in [0.2, 0.25) is 0 Å². The third-order valence-corrected chi connectivity index (χ3v) is 7.00. The lowest BCUT2D eigenvalue weighted by molar-refractivity contribution is 0.543. The van der Waals surface area contributed by atoms with Gasteiger partial charge in [0.05, 0.1) is 0 Å². The molecule has 0 radical (unpaired) electrons. The quantitative estimate of drug-likeness (QED) is 0.229. The molecule has 0 aliphatic carbocycles. The van der Waals surface area contributed by atoms with Crippen LogP contribution < -0.4 is 0 Å².